The quantitative estimate of drug-likeness (QED) is 0.637. The molecule has 0 aliphatic heterocycles. The van der Waals surface area contributed by atoms with Gasteiger partial charge in [0.2, 0.25) is 5.91 Å². The van der Waals surface area contributed by atoms with Crippen LogP contribution in [0.1, 0.15) is 53.9 Å². The largest absolute Gasteiger partial charge is 0.481 e. The smallest absolute Gasteiger partial charge is 0.303 e. The number of amides is 1. The molecule has 0 aliphatic carbocycles. The van der Waals surface area contributed by atoms with E-state index in [2.05, 4.69) is 18.7 Å². The van der Waals surface area contributed by atoms with Crippen molar-refractivity contribution in [3.8, 4) is 0 Å². The fourth-order valence-electron chi connectivity index (χ4n) is 2.48. The van der Waals surface area contributed by atoms with Gasteiger partial charge >= 0.3 is 5.97 Å². The maximum Gasteiger partial charge on any atom is 0.303 e. The van der Waals surface area contributed by atoms with Crippen LogP contribution in [0.5, 0.6) is 0 Å². The van der Waals surface area contributed by atoms with E-state index in [4.69, 9.17) is 5.11 Å². The number of hydrogen-bond donors (Lipinski definition) is 1. The Bertz CT molecular complexity index is 325. The molecule has 5 heteroatoms. The molecule has 0 atom stereocenters. The van der Waals surface area contributed by atoms with Gasteiger partial charge in [0.25, 0.3) is 0 Å². The summed E-state index contributed by atoms with van der Waals surface area (Å²) in [7, 11) is 0. The summed E-state index contributed by atoms with van der Waals surface area (Å²) in [6.07, 6.45) is 1.27. The summed E-state index contributed by atoms with van der Waals surface area (Å²) in [5, 5.41) is 8.88. The Kier molecular flexibility index (Phi) is 9.26. The number of carbonyl (C=O) groups excluding carboxylic acids is 1. The maximum absolute atomic E-state index is 12.3. The Morgan fingerprint density at radius 1 is 0.952 bits per heavy atom. The van der Waals surface area contributed by atoms with Gasteiger partial charge in [-0.05, 0) is 38.4 Å². The first-order valence-corrected chi connectivity index (χ1v) is 7.97. The summed E-state index contributed by atoms with van der Waals surface area (Å²) < 4.78 is 0. The van der Waals surface area contributed by atoms with E-state index < -0.39 is 11.4 Å². The lowest BCUT2D eigenvalue weighted by Gasteiger charge is -2.28. The van der Waals surface area contributed by atoms with Crippen molar-refractivity contribution >= 4 is 11.9 Å². The molecule has 0 unspecified atom stereocenters. The molecule has 0 spiro atoms. The van der Waals surface area contributed by atoms with Crippen molar-refractivity contribution in [1.29, 1.82) is 0 Å². The highest BCUT2D eigenvalue weighted by Crippen LogP contribution is 2.26. The van der Waals surface area contributed by atoms with Gasteiger partial charge in [-0.25, -0.2) is 0 Å². The number of rotatable bonds is 11. The molecule has 0 aromatic heterocycles. The van der Waals surface area contributed by atoms with E-state index in [1.54, 1.807) is 0 Å². The van der Waals surface area contributed by atoms with E-state index in [-0.39, 0.29) is 12.3 Å². The number of carboxylic acid groups (broad SMARTS) is 1. The molecule has 0 aromatic carbocycles. The Balaban J connectivity index is 4.33. The molecule has 0 rings (SSSR count). The molecule has 21 heavy (non-hydrogen) atoms. The number of hydrogen-bond acceptors (Lipinski definition) is 3. The van der Waals surface area contributed by atoms with E-state index >= 15 is 0 Å². The molecule has 0 radical (unpaired) electrons. The number of carboxylic acids is 1. The highest BCUT2D eigenvalue weighted by atomic mass is 16.4. The van der Waals surface area contributed by atoms with Gasteiger partial charge in [-0.3, -0.25) is 9.59 Å². The zero-order valence-electron chi connectivity index (χ0n) is 14.3. The van der Waals surface area contributed by atoms with Crippen LogP contribution in [-0.4, -0.2) is 59.5 Å². The lowest BCUT2D eigenvalue weighted by atomic mass is 9.85. The maximum atomic E-state index is 12.3. The fraction of sp³-hybridized carbons (Fsp3) is 0.875. The summed E-state index contributed by atoms with van der Waals surface area (Å²) in [6, 6.07) is 0. The van der Waals surface area contributed by atoms with Crippen molar-refractivity contribution in [2.75, 3.05) is 32.7 Å². The summed E-state index contributed by atoms with van der Waals surface area (Å²) >= 11 is 0. The minimum absolute atomic E-state index is 0.0236. The third-order valence-corrected chi connectivity index (χ3v) is 3.79. The molecule has 0 heterocycles. The lowest BCUT2D eigenvalue weighted by Crippen LogP contribution is -2.37. The first-order chi connectivity index (χ1) is 9.75. The Hall–Kier alpha value is -1.10. The zero-order chi connectivity index (χ0) is 16.5. The molecular formula is C16H32N2O3. The number of aliphatic carboxylic acids is 1. The standard InChI is InChI=1S/C16H32N2O3/c1-6-17(7-2)10-9-11-18(8-3)14(19)12-16(4,5)13-15(20)21/h6-13H2,1-5H3,(H,20,21). The normalized spacial score (nSPS) is 11.7. The fourth-order valence-corrected chi connectivity index (χ4v) is 2.48. The van der Waals surface area contributed by atoms with Gasteiger partial charge in [-0.15, -0.1) is 0 Å². The second-order valence-electron chi connectivity index (χ2n) is 6.27. The van der Waals surface area contributed by atoms with Gasteiger partial charge in [-0.2, -0.15) is 0 Å². The molecule has 0 saturated carbocycles. The van der Waals surface area contributed by atoms with E-state index in [9.17, 15) is 9.59 Å². The van der Waals surface area contributed by atoms with Crippen LogP contribution in [0, 0.1) is 5.41 Å². The first kappa shape index (κ1) is 19.9. The molecule has 0 fully saturated rings. The van der Waals surface area contributed by atoms with Gasteiger partial charge < -0.3 is 14.9 Å². The van der Waals surface area contributed by atoms with E-state index in [0.717, 1.165) is 32.6 Å². The van der Waals surface area contributed by atoms with Gasteiger partial charge in [0, 0.05) is 19.5 Å². The second kappa shape index (κ2) is 9.77. The van der Waals surface area contributed by atoms with E-state index in [0.29, 0.717) is 13.0 Å². The monoisotopic (exact) mass is 300 g/mol. The van der Waals surface area contributed by atoms with E-state index in [1.807, 2.05) is 25.7 Å². The molecule has 5 nitrogen and oxygen atoms in total. The highest BCUT2D eigenvalue weighted by molar-refractivity contribution is 5.78. The molecule has 1 amide bonds. The number of carbonyl (C=O) groups is 2. The van der Waals surface area contributed by atoms with Crippen molar-refractivity contribution in [2.24, 2.45) is 5.41 Å². The van der Waals surface area contributed by atoms with Crippen molar-refractivity contribution in [3.63, 3.8) is 0 Å². The van der Waals surface area contributed by atoms with Crippen molar-refractivity contribution < 1.29 is 14.7 Å². The molecule has 0 bridgehead atoms. The minimum atomic E-state index is -0.850. The average Bonchev–Trinajstić information content (AvgIpc) is 2.36. The summed E-state index contributed by atoms with van der Waals surface area (Å²) in [5.74, 6) is -0.791. The summed E-state index contributed by atoms with van der Waals surface area (Å²) in [4.78, 5) is 27.3. The van der Waals surface area contributed by atoms with Gasteiger partial charge in [-0.1, -0.05) is 27.7 Å². The van der Waals surface area contributed by atoms with Crippen LogP contribution in [0.3, 0.4) is 0 Å². The second-order valence-corrected chi connectivity index (χ2v) is 6.27. The Morgan fingerprint density at radius 2 is 1.52 bits per heavy atom. The summed E-state index contributed by atoms with van der Waals surface area (Å²) in [5.41, 5.74) is -0.491. The molecule has 0 aromatic rings. The van der Waals surface area contributed by atoms with Crippen LogP contribution in [-0.2, 0) is 9.59 Å². The molecule has 0 aliphatic rings. The van der Waals surface area contributed by atoms with E-state index in [1.165, 1.54) is 0 Å². The predicted molar refractivity (Wildman–Crippen MR) is 85.3 cm³/mol. The minimum Gasteiger partial charge on any atom is -0.481 e. The van der Waals surface area contributed by atoms with Crippen LogP contribution < -0.4 is 0 Å². The van der Waals surface area contributed by atoms with Gasteiger partial charge in [0.05, 0.1) is 6.42 Å². The van der Waals surface area contributed by atoms with Crippen LogP contribution >= 0.6 is 0 Å². The first-order valence-electron chi connectivity index (χ1n) is 7.97. The van der Waals surface area contributed by atoms with Crippen molar-refractivity contribution in [1.82, 2.24) is 9.80 Å². The van der Waals surface area contributed by atoms with Gasteiger partial charge in [0.1, 0.15) is 0 Å². The average molecular weight is 300 g/mol. The van der Waals surface area contributed by atoms with Crippen molar-refractivity contribution in [2.45, 2.75) is 53.9 Å². The van der Waals surface area contributed by atoms with Gasteiger partial charge in [0.15, 0.2) is 0 Å². The molecular weight excluding hydrogens is 268 g/mol. The third kappa shape index (κ3) is 8.71. The topological polar surface area (TPSA) is 60.9 Å². The Morgan fingerprint density at radius 3 is 1.95 bits per heavy atom. The molecule has 0 saturated heterocycles. The SMILES string of the molecule is CCN(CC)CCCN(CC)C(=O)CC(C)(C)CC(=O)O. The van der Waals surface area contributed by atoms with Crippen LogP contribution in [0.2, 0.25) is 0 Å². The third-order valence-electron chi connectivity index (χ3n) is 3.79. The molecule has 1 N–H and O–H groups in total. The van der Waals surface area contributed by atoms with Crippen LogP contribution in [0.25, 0.3) is 0 Å². The number of nitrogens with zero attached hydrogens (tertiary/aromatic N) is 2. The van der Waals surface area contributed by atoms with Crippen LogP contribution in [0.4, 0.5) is 0 Å². The van der Waals surface area contributed by atoms with Crippen LogP contribution in [0.15, 0.2) is 0 Å². The highest BCUT2D eigenvalue weighted by Gasteiger charge is 2.27. The summed E-state index contributed by atoms with van der Waals surface area (Å²) in [6.45, 7) is 14.4. The zero-order valence-corrected chi connectivity index (χ0v) is 14.3. The predicted octanol–water partition coefficient (Wildman–Crippen LogP) is 2.46. The van der Waals surface area contributed by atoms with Crippen molar-refractivity contribution in [3.05, 3.63) is 0 Å². The lowest BCUT2D eigenvalue weighted by molar-refractivity contribution is -0.140. The molecule has 124 valence electrons. The Labute approximate surface area is 129 Å².